The Hall–Kier alpha value is -2.97. The van der Waals surface area contributed by atoms with Crippen molar-refractivity contribution < 1.29 is 17.9 Å². The zero-order valence-electron chi connectivity index (χ0n) is 15.0. The van der Waals surface area contributed by atoms with Crippen molar-refractivity contribution in [2.45, 2.75) is 30.4 Å². The molecule has 0 bridgehead atoms. The van der Waals surface area contributed by atoms with Crippen molar-refractivity contribution in [3.63, 3.8) is 0 Å². The number of carbonyl (C=O) groups excluding carboxylic acids is 1. The van der Waals surface area contributed by atoms with Crippen LogP contribution in [0.4, 0.5) is 0 Å². The van der Waals surface area contributed by atoms with Gasteiger partial charge in [0.05, 0.1) is 16.1 Å². The summed E-state index contributed by atoms with van der Waals surface area (Å²) in [7, 11) is -3.53. The molecule has 0 radical (unpaired) electrons. The van der Waals surface area contributed by atoms with Crippen LogP contribution < -0.4 is 4.72 Å². The van der Waals surface area contributed by atoms with Gasteiger partial charge < -0.3 is 4.74 Å². The molecule has 28 heavy (non-hydrogen) atoms. The number of nitrogens with zero attached hydrogens (tertiary/aromatic N) is 2. The van der Waals surface area contributed by atoms with E-state index in [4.69, 9.17) is 4.74 Å². The van der Waals surface area contributed by atoms with Gasteiger partial charge in [-0.15, -0.1) is 0 Å². The second kappa shape index (κ2) is 7.57. The Kier molecular flexibility index (Phi) is 4.97. The first-order valence-corrected chi connectivity index (χ1v) is 10.4. The molecule has 1 aliphatic rings. The van der Waals surface area contributed by atoms with Crippen LogP contribution in [0, 0.1) is 0 Å². The Labute approximate surface area is 163 Å². The van der Waals surface area contributed by atoms with Crippen molar-refractivity contribution in [3.8, 4) is 5.69 Å². The third kappa shape index (κ3) is 4.29. The first-order valence-electron chi connectivity index (χ1n) is 8.90. The molecule has 7 nitrogen and oxygen atoms in total. The SMILES string of the molecule is O=C(OCc1ccc(-n2cccn2)cc1)c1ccc(S(=O)(=O)NC2CC2)cc1. The largest absolute Gasteiger partial charge is 0.457 e. The molecular formula is C20H19N3O4S. The van der Waals surface area contributed by atoms with E-state index in [2.05, 4.69) is 9.82 Å². The van der Waals surface area contributed by atoms with Gasteiger partial charge >= 0.3 is 5.97 Å². The summed E-state index contributed by atoms with van der Waals surface area (Å²) in [4.78, 5) is 12.4. The van der Waals surface area contributed by atoms with Crippen molar-refractivity contribution in [1.82, 2.24) is 14.5 Å². The van der Waals surface area contributed by atoms with Crippen molar-refractivity contribution in [2.75, 3.05) is 0 Å². The molecule has 0 spiro atoms. The number of esters is 1. The van der Waals surface area contributed by atoms with Gasteiger partial charge in [-0.3, -0.25) is 0 Å². The molecule has 1 aliphatic carbocycles. The van der Waals surface area contributed by atoms with Crippen LogP contribution >= 0.6 is 0 Å². The summed E-state index contributed by atoms with van der Waals surface area (Å²) in [5.41, 5.74) is 2.06. The Morgan fingerprint density at radius 1 is 1.11 bits per heavy atom. The molecule has 1 saturated carbocycles. The zero-order chi connectivity index (χ0) is 19.6. The fraction of sp³-hybridized carbons (Fsp3) is 0.200. The maximum absolute atomic E-state index is 12.2. The lowest BCUT2D eigenvalue weighted by Crippen LogP contribution is -2.25. The van der Waals surface area contributed by atoms with Crippen LogP contribution in [0.25, 0.3) is 5.69 Å². The maximum Gasteiger partial charge on any atom is 0.338 e. The standard InChI is InChI=1S/C20H19N3O4S/c24-20(16-4-10-19(11-5-16)28(25,26)22-17-6-7-17)27-14-15-2-8-18(9-3-15)23-13-1-12-21-23/h1-5,8-13,17,22H,6-7,14H2. The molecule has 0 aliphatic heterocycles. The summed E-state index contributed by atoms with van der Waals surface area (Å²) < 4.78 is 34.0. The summed E-state index contributed by atoms with van der Waals surface area (Å²) in [5, 5.41) is 4.16. The van der Waals surface area contributed by atoms with Crippen molar-refractivity contribution >= 4 is 16.0 Å². The monoisotopic (exact) mass is 397 g/mol. The second-order valence-electron chi connectivity index (χ2n) is 6.61. The molecule has 1 fully saturated rings. The molecule has 0 saturated heterocycles. The van der Waals surface area contributed by atoms with Crippen LogP contribution in [-0.2, 0) is 21.4 Å². The molecular weight excluding hydrogens is 378 g/mol. The van der Waals surface area contributed by atoms with E-state index < -0.39 is 16.0 Å². The molecule has 2 aromatic carbocycles. The number of nitrogens with one attached hydrogen (secondary N) is 1. The van der Waals surface area contributed by atoms with Gasteiger partial charge in [0, 0.05) is 18.4 Å². The summed E-state index contributed by atoms with van der Waals surface area (Å²) >= 11 is 0. The van der Waals surface area contributed by atoms with E-state index in [0.29, 0.717) is 5.56 Å². The lowest BCUT2D eigenvalue weighted by molar-refractivity contribution is 0.0472. The molecule has 0 atom stereocenters. The van der Waals surface area contributed by atoms with Crippen LogP contribution in [0.1, 0.15) is 28.8 Å². The zero-order valence-corrected chi connectivity index (χ0v) is 15.8. The van der Waals surface area contributed by atoms with Crippen LogP contribution in [0.3, 0.4) is 0 Å². The van der Waals surface area contributed by atoms with E-state index in [1.807, 2.05) is 36.5 Å². The van der Waals surface area contributed by atoms with Gasteiger partial charge in [0.15, 0.2) is 0 Å². The lowest BCUT2D eigenvalue weighted by Gasteiger charge is -2.08. The molecule has 1 N–H and O–H groups in total. The van der Waals surface area contributed by atoms with E-state index in [-0.39, 0.29) is 17.5 Å². The van der Waals surface area contributed by atoms with Gasteiger partial charge in [-0.1, -0.05) is 12.1 Å². The van der Waals surface area contributed by atoms with Crippen LogP contribution in [0.5, 0.6) is 0 Å². The van der Waals surface area contributed by atoms with Crippen molar-refractivity contribution in [1.29, 1.82) is 0 Å². The van der Waals surface area contributed by atoms with E-state index in [1.54, 1.807) is 10.9 Å². The van der Waals surface area contributed by atoms with E-state index in [9.17, 15) is 13.2 Å². The summed E-state index contributed by atoms with van der Waals surface area (Å²) in [6, 6.07) is 15.1. The third-order valence-corrected chi connectivity index (χ3v) is 5.91. The molecule has 0 unspecified atom stereocenters. The van der Waals surface area contributed by atoms with Gasteiger partial charge in [0.1, 0.15) is 6.61 Å². The number of rotatable bonds is 7. The van der Waals surface area contributed by atoms with Gasteiger partial charge in [-0.2, -0.15) is 5.10 Å². The Morgan fingerprint density at radius 2 is 1.82 bits per heavy atom. The average Bonchev–Trinajstić information content (AvgIpc) is 3.33. The number of aromatic nitrogens is 2. The second-order valence-corrected chi connectivity index (χ2v) is 8.33. The number of sulfonamides is 1. The van der Waals surface area contributed by atoms with Crippen molar-refractivity contribution in [2.24, 2.45) is 0 Å². The number of ether oxygens (including phenoxy) is 1. The number of hydrogen-bond acceptors (Lipinski definition) is 5. The van der Waals surface area contributed by atoms with Crippen molar-refractivity contribution in [3.05, 3.63) is 78.1 Å². The normalized spacial score (nSPS) is 14.0. The highest BCUT2D eigenvalue weighted by molar-refractivity contribution is 7.89. The van der Waals surface area contributed by atoms with E-state index >= 15 is 0 Å². The number of carbonyl (C=O) groups is 1. The minimum absolute atomic E-state index is 0.0364. The Bertz CT molecular complexity index is 1060. The highest BCUT2D eigenvalue weighted by Crippen LogP contribution is 2.22. The maximum atomic E-state index is 12.2. The quantitative estimate of drug-likeness (QED) is 0.619. The Morgan fingerprint density at radius 3 is 2.43 bits per heavy atom. The molecule has 8 heteroatoms. The average molecular weight is 397 g/mol. The van der Waals surface area contributed by atoms with Crippen LogP contribution in [0.15, 0.2) is 71.9 Å². The molecule has 1 heterocycles. The van der Waals surface area contributed by atoms with E-state index in [0.717, 1.165) is 24.1 Å². The first kappa shape index (κ1) is 18.4. The van der Waals surface area contributed by atoms with E-state index in [1.165, 1.54) is 24.3 Å². The fourth-order valence-corrected chi connectivity index (χ4v) is 3.96. The summed E-state index contributed by atoms with van der Waals surface area (Å²) in [6.07, 6.45) is 5.28. The predicted octanol–water partition coefficient (Wildman–Crippen LogP) is 2.67. The number of benzene rings is 2. The van der Waals surface area contributed by atoms with Gasteiger partial charge in [0.25, 0.3) is 0 Å². The minimum atomic E-state index is -3.53. The molecule has 1 aromatic heterocycles. The molecule has 0 amide bonds. The summed E-state index contributed by atoms with van der Waals surface area (Å²) in [5.74, 6) is -0.504. The van der Waals surface area contributed by atoms with Gasteiger partial charge in [-0.05, 0) is 60.9 Å². The molecule has 4 rings (SSSR count). The Balaban J connectivity index is 1.36. The highest BCUT2D eigenvalue weighted by atomic mass is 32.2. The van der Waals surface area contributed by atoms with Gasteiger partial charge in [-0.25, -0.2) is 22.6 Å². The smallest absolute Gasteiger partial charge is 0.338 e. The first-order chi connectivity index (χ1) is 13.5. The minimum Gasteiger partial charge on any atom is -0.457 e. The topological polar surface area (TPSA) is 90.3 Å². The molecule has 3 aromatic rings. The fourth-order valence-electron chi connectivity index (χ4n) is 2.66. The van der Waals surface area contributed by atoms with Crippen LogP contribution in [0.2, 0.25) is 0 Å². The summed E-state index contributed by atoms with van der Waals surface area (Å²) in [6.45, 7) is 0.126. The third-order valence-electron chi connectivity index (χ3n) is 4.37. The highest BCUT2D eigenvalue weighted by Gasteiger charge is 2.28. The lowest BCUT2D eigenvalue weighted by atomic mass is 10.2. The number of hydrogen-bond donors (Lipinski definition) is 1. The van der Waals surface area contributed by atoms with Crippen LogP contribution in [-0.4, -0.2) is 30.2 Å². The molecule has 144 valence electrons. The van der Waals surface area contributed by atoms with Gasteiger partial charge in [0.2, 0.25) is 10.0 Å². The predicted molar refractivity (Wildman–Crippen MR) is 102 cm³/mol.